The third-order valence-electron chi connectivity index (χ3n) is 3.31. The van der Waals surface area contributed by atoms with Gasteiger partial charge in [-0.3, -0.25) is 10.4 Å². The molecule has 18 heavy (non-hydrogen) atoms. The first-order valence-electron chi connectivity index (χ1n) is 6.25. The van der Waals surface area contributed by atoms with Crippen molar-refractivity contribution in [1.29, 1.82) is 5.41 Å². The van der Waals surface area contributed by atoms with Crippen LogP contribution in [-0.4, -0.2) is 37.6 Å². The third kappa shape index (κ3) is 2.98. The van der Waals surface area contributed by atoms with Crippen LogP contribution in [0.1, 0.15) is 18.5 Å². The number of hydrogen-bond donors (Lipinski definition) is 2. The Kier molecular flexibility index (Phi) is 4.15. The number of nitrogens with two attached hydrogens (primary N) is 1. The van der Waals surface area contributed by atoms with Crippen molar-refractivity contribution in [1.82, 2.24) is 4.98 Å². The lowest BCUT2D eigenvalue weighted by Gasteiger charge is -2.34. The van der Waals surface area contributed by atoms with Gasteiger partial charge in [0, 0.05) is 32.1 Å². The van der Waals surface area contributed by atoms with E-state index in [1.165, 1.54) is 12.8 Å². The molecule has 0 aromatic carbocycles. The van der Waals surface area contributed by atoms with Crippen LogP contribution in [0.4, 0.5) is 5.69 Å². The topological polar surface area (TPSA) is 75.2 Å². The van der Waals surface area contributed by atoms with Crippen LogP contribution in [0.2, 0.25) is 0 Å². The highest BCUT2D eigenvalue weighted by Gasteiger charge is 2.20. The predicted octanol–water partition coefficient (Wildman–Crippen LogP) is 1.23. The summed E-state index contributed by atoms with van der Waals surface area (Å²) in [6.07, 6.45) is 4.10. The smallest absolute Gasteiger partial charge is 0.141 e. The van der Waals surface area contributed by atoms with E-state index in [-0.39, 0.29) is 5.84 Å². The van der Waals surface area contributed by atoms with Gasteiger partial charge in [-0.25, -0.2) is 0 Å². The molecule has 0 aliphatic carbocycles. The van der Waals surface area contributed by atoms with Gasteiger partial charge >= 0.3 is 0 Å². The summed E-state index contributed by atoms with van der Waals surface area (Å²) < 4.78 is 5.23. The maximum Gasteiger partial charge on any atom is 0.141 e. The van der Waals surface area contributed by atoms with Crippen LogP contribution >= 0.6 is 0 Å². The Balaban J connectivity index is 2.10. The number of hydrogen-bond acceptors (Lipinski definition) is 4. The SMILES string of the molecule is COCC1CCCN(c2ccnc(C(=N)N)c2)C1. The van der Waals surface area contributed by atoms with E-state index in [9.17, 15) is 0 Å². The first kappa shape index (κ1) is 12.8. The number of aromatic nitrogens is 1. The molecule has 5 nitrogen and oxygen atoms in total. The Labute approximate surface area is 107 Å². The van der Waals surface area contributed by atoms with Gasteiger partial charge in [0.05, 0.1) is 6.61 Å². The fourth-order valence-corrected chi connectivity index (χ4v) is 2.43. The maximum atomic E-state index is 7.43. The molecule has 2 heterocycles. The second-order valence-corrected chi connectivity index (χ2v) is 4.72. The quantitative estimate of drug-likeness (QED) is 0.620. The predicted molar refractivity (Wildman–Crippen MR) is 72.1 cm³/mol. The molecule has 1 aliphatic heterocycles. The number of methoxy groups -OCH3 is 1. The summed E-state index contributed by atoms with van der Waals surface area (Å²) in [5, 5.41) is 7.43. The Morgan fingerprint density at radius 2 is 2.50 bits per heavy atom. The van der Waals surface area contributed by atoms with Gasteiger partial charge < -0.3 is 15.4 Å². The summed E-state index contributed by atoms with van der Waals surface area (Å²) in [5.41, 5.74) is 7.11. The largest absolute Gasteiger partial charge is 0.384 e. The number of nitrogens with one attached hydrogen (secondary N) is 1. The van der Waals surface area contributed by atoms with Crippen LogP contribution in [0.25, 0.3) is 0 Å². The Morgan fingerprint density at radius 3 is 3.22 bits per heavy atom. The minimum atomic E-state index is 0.0160. The van der Waals surface area contributed by atoms with Gasteiger partial charge in [-0.2, -0.15) is 0 Å². The van der Waals surface area contributed by atoms with Crippen LogP contribution in [0.5, 0.6) is 0 Å². The van der Waals surface area contributed by atoms with Crippen LogP contribution in [0.15, 0.2) is 18.3 Å². The summed E-state index contributed by atoms with van der Waals surface area (Å²) >= 11 is 0. The first-order valence-corrected chi connectivity index (χ1v) is 6.25. The molecule has 5 heteroatoms. The molecule has 0 bridgehead atoms. The molecule has 1 aromatic heterocycles. The molecule has 1 atom stereocenters. The second kappa shape index (κ2) is 5.82. The Bertz CT molecular complexity index is 419. The minimum absolute atomic E-state index is 0.0160. The monoisotopic (exact) mass is 248 g/mol. The summed E-state index contributed by atoms with van der Waals surface area (Å²) in [6.45, 7) is 2.85. The molecule has 1 aromatic rings. The lowest BCUT2D eigenvalue weighted by molar-refractivity contribution is 0.143. The van der Waals surface area contributed by atoms with Crippen molar-refractivity contribution in [2.75, 3.05) is 31.7 Å². The normalized spacial score (nSPS) is 19.8. The third-order valence-corrected chi connectivity index (χ3v) is 3.31. The van der Waals surface area contributed by atoms with Crippen LogP contribution in [0.3, 0.4) is 0 Å². The highest BCUT2D eigenvalue weighted by Crippen LogP contribution is 2.23. The van der Waals surface area contributed by atoms with E-state index in [0.29, 0.717) is 11.6 Å². The van der Waals surface area contributed by atoms with Crippen molar-refractivity contribution >= 4 is 11.5 Å². The van der Waals surface area contributed by atoms with E-state index in [2.05, 4.69) is 9.88 Å². The maximum absolute atomic E-state index is 7.43. The van der Waals surface area contributed by atoms with E-state index in [0.717, 1.165) is 25.4 Å². The zero-order valence-electron chi connectivity index (χ0n) is 10.7. The van der Waals surface area contributed by atoms with Crippen molar-refractivity contribution < 1.29 is 4.74 Å². The van der Waals surface area contributed by atoms with Crippen LogP contribution < -0.4 is 10.6 Å². The fourth-order valence-electron chi connectivity index (χ4n) is 2.43. The molecular formula is C13H20N4O. The van der Waals surface area contributed by atoms with Gasteiger partial charge in [0.25, 0.3) is 0 Å². The van der Waals surface area contributed by atoms with Crippen molar-refractivity contribution in [3.63, 3.8) is 0 Å². The fraction of sp³-hybridized carbons (Fsp3) is 0.538. The summed E-state index contributed by atoms with van der Waals surface area (Å²) in [4.78, 5) is 6.41. The van der Waals surface area contributed by atoms with E-state index < -0.39 is 0 Å². The van der Waals surface area contributed by atoms with E-state index in [1.807, 2.05) is 12.1 Å². The zero-order chi connectivity index (χ0) is 13.0. The van der Waals surface area contributed by atoms with Crippen molar-refractivity contribution in [3.05, 3.63) is 24.0 Å². The van der Waals surface area contributed by atoms with E-state index in [1.54, 1.807) is 13.3 Å². The standard InChI is InChI=1S/C13H20N4O/c1-18-9-10-3-2-6-17(8-10)11-4-5-16-12(7-11)13(14)15/h4-5,7,10H,2-3,6,8-9H2,1H3,(H3,14,15). The average Bonchev–Trinajstić information content (AvgIpc) is 2.39. The molecule has 0 radical (unpaired) electrons. The van der Waals surface area contributed by atoms with Gasteiger partial charge in [0.15, 0.2) is 0 Å². The second-order valence-electron chi connectivity index (χ2n) is 4.72. The molecule has 2 rings (SSSR count). The summed E-state index contributed by atoms with van der Waals surface area (Å²) in [7, 11) is 1.75. The minimum Gasteiger partial charge on any atom is -0.384 e. The van der Waals surface area contributed by atoms with Crippen molar-refractivity contribution in [3.8, 4) is 0 Å². The molecule has 0 saturated carbocycles. The molecule has 1 aliphatic rings. The number of pyridine rings is 1. The Hall–Kier alpha value is -1.62. The van der Waals surface area contributed by atoms with Crippen LogP contribution in [-0.2, 0) is 4.74 Å². The number of amidine groups is 1. The lowest BCUT2D eigenvalue weighted by Crippen LogP contribution is -2.37. The highest BCUT2D eigenvalue weighted by atomic mass is 16.5. The molecule has 0 spiro atoms. The molecule has 1 unspecified atom stereocenters. The first-order chi connectivity index (χ1) is 8.70. The van der Waals surface area contributed by atoms with Gasteiger partial charge in [-0.05, 0) is 30.9 Å². The Morgan fingerprint density at radius 1 is 1.67 bits per heavy atom. The van der Waals surface area contributed by atoms with E-state index >= 15 is 0 Å². The highest BCUT2D eigenvalue weighted by molar-refractivity contribution is 5.93. The van der Waals surface area contributed by atoms with Gasteiger partial charge in [0.2, 0.25) is 0 Å². The molecule has 3 N–H and O–H groups in total. The molecule has 1 fully saturated rings. The number of nitrogen functional groups attached to an aromatic ring is 1. The number of ether oxygens (including phenoxy) is 1. The van der Waals surface area contributed by atoms with Gasteiger partial charge in [-0.1, -0.05) is 0 Å². The van der Waals surface area contributed by atoms with Gasteiger partial charge in [0.1, 0.15) is 11.5 Å². The van der Waals surface area contributed by atoms with Crippen molar-refractivity contribution in [2.45, 2.75) is 12.8 Å². The average molecular weight is 248 g/mol. The summed E-state index contributed by atoms with van der Waals surface area (Å²) in [5.74, 6) is 0.597. The zero-order valence-corrected chi connectivity index (χ0v) is 10.7. The summed E-state index contributed by atoms with van der Waals surface area (Å²) in [6, 6.07) is 3.86. The number of rotatable bonds is 4. The van der Waals surface area contributed by atoms with E-state index in [4.69, 9.17) is 15.9 Å². The van der Waals surface area contributed by atoms with Crippen molar-refractivity contribution in [2.24, 2.45) is 11.7 Å². The van der Waals surface area contributed by atoms with Crippen LogP contribution in [0, 0.1) is 11.3 Å². The number of anilines is 1. The molecule has 1 saturated heterocycles. The van der Waals surface area contributed by atoms with Gasteiger partial charge in [-0.15, -0.1) is 0 Å². The number of nitrogens with zero attached hydrogens (tertiary/aromatic N) is 2. The molecular weight excluding hydrogens is 228 g/mol. The lowest BCUT2D eigenvalue weighted by atomic mass is 9.98. The molecule has 98 valence electrons. The molecule has 0 amide bonds. The number of piperidine rings is 1.